The highest BCUT2D eigenvalue weighted by Gasteiger charge is 2.26. The maximum Gasteiger partial charge on any atom is 0.335 e. The fourth-order valence-corrected chi connectivity index (χ4v) is 3.51. The molecular formula is C26H26N2O5. The van der Waals surface area contributed by atoms with Gasteiger partial charge in [-0.2, -0.15) is 0 Å². The third-order valence-corrected chi connectivity index (χ3v) is 5.24. The minimum absolute atomic E-state index is 0.0478. The van der Waals surface area contributed by atoms with E-state index in [1.807, 2.05) is 60.7 Å². The van der Waals surface area contributed by atoms with Crippen LogP contribution in [0.2, 0.25) is 0 Å². The van der Waals surface area contributed by atoms with Crippen molar-refractivity contribution in [3.05, 3.63) is 102 Å². The van der Waals surface area contributed by atoms with Crippen LogP contribution >= 0.6 is 0 Å². The van der Waals surface area contributed by atoms with Gasteiger partial charge in [0.25, 0.3) is 0 Å². The van der Waals surface area contributed by atoms with Crippen molar-refractivity contribution in [3.63, 3.8) is 0 Å². The summed E-state index contributed by atoms with van der Waals surface area (Å²) in [6.07, 6.45) is 1.14. The topological polar surface area (TPSA) is 116 Å². The Labute approximate surface area is 192 Å². The summed E-state index contributed by atoms with van der Waals surface area (Å²) >= 11 is 0. The highest BCUT2D eigenvalue weighted by atomic mass is 16.4. The number of carbonyl (C=O) groups excluding carboxylic acids is 1. The van der Waals surface area contributed by atoms with Crippen LogP contribution in [0.15, 0.2) is 84.9 Å². The van der Waals surface area contributed by atoms with Gasteiger partial charge in [0.2, 0.25) is 5.91 Å². The molecule has 33 heavy (non-hydrogen) atoms. The van der Waals surface area contributed by atoms with Crippen molar-refractivity contribution >= 4 is 23.5 Å². The van der Waals surface area contributed by atoms with Gasteiger partial charge in [0.1, 0.15) is 6.04 Å². The Bertz CT molecular complexity index is 1090. The smallest absolute Gasteiger partial charge is 0.335 e. The lowest BCUT2D eigenvalue weighted by Crippen LogP contribution is -2.50. The predicted molar refractivity (Wildman–Crippen MR) is 125 cm³/mol. The molecule has 0 aliphatic carbocycles. The van der Waals surface area contributed by atoms with E-state index in [0.29, 0.717) is 18.5 Å². The second-order valence-corrected chi connectivity index (χ2v) is 7.70. The summed E-state index contributed by atoms with van der Waals surface area (Å²) in [5, 5.41) is 24.7. The second-order valence-electron chi connectivity index (χ2n) is 7.70. The number of aromatic carboxylic acids is 1. The molecular weight excluding hydrogens is 420 g/mol. The van der Waals surface area contributed by atoms with Crippen LogP contribution in [-0.4, -0.2) is 40.1 Å². The molecule has 4 N–H and O–H groups in total. The summed E-state index contributed by atoms with van der Waals surface area (Å²) in [4.78, 5) is 36.3. The van der Waals surface area contributed by atoms with Crippen LogP contribution in [0.5, 0.6) is 0 Å². The zero-order chi connectivity index (χ0) is 23.6. The molecule has 170 valence electrons. The van der Waals surface area contributed by atoms with Gasteiger partial charge in [0, 0.05) is 5.69 Å². The average Bonchev–Trinajstić information content (AvgIpc) is 2.82. The number of rotatable bonds is 11. The van der Waals surface area contributed by atoms with E-state index in [1.165, 1.54) is 12.1 Å². The minimum atomic E-state index is -1.10. The fourth-order valence-electron chi connectivity index (χ4n) is 3.51. The predicted octanol–water partition coefficient (Wildman–Crippen LogP) is 3.61. The molecule has 0 aliphatic rings. The van der Waals surface area contributed by atoms with Crippen LogP contribution in [0, 0.1) is 0 Å². The van der Waals surface area contributed by atoms with E-state index in [2.05, 4.69) is 10.6 Å². The number of amides is 1. The van der Waals surface area contributed by atoms with E-state index >= 15 is 0 Å². The molecule has 0 fully saturated rings. The number of aliphatic carboxylic acids is 1. The summed E-state index contributed by atoms with van der Waals surface area (Å²) in [7, 11) is 0. The Balaban J connectivity index is 1.77. The number of benzene rings is 3. The lowest BCUT2D eigenvalue weighted by molar-refractivity contribution is -0.140. The van der Waals surface area contributed by atoms with Crippen LogP contribution in [0.4, 0.5) is 5.69 Å². The zero-order valence-corrected chi connectivity index (χ0v) is 18.0. The van der Waals surface area contributed by atoms with Crippen LogP contribution in [0.1, 0.15) is 27.9 Å². The first-order chi connectivity index (χ1) is 15.9. The first-order valence-electron chi connectivity index (χ1n) is 10.6. The molecule has 0 aromatic heterocycles. The van der Waals surface area contributed by atoms with E-state index < -0.39 is 29.9 Å². The van der Waals surface area contributed by atoms with Gasteiger partial charge in [-0.15, -0.1) is 0 Å². The number of anilines is 1. The van der Waals surface area contributed by atoms with Crippen LogP contribution < -0.4 is 10.6 Å². The van der Waals surface area contributed by atoms with E-state index in [0.717, 1.165) is 11.1 Å². The van der Waals surface area contributed by atoms with Gasteiger partial charge in [0.15, 0.2) is 0 Å². The van der Waals surface area contributed by atoms with Gasteiger partial charge in [-0.25, -0.2) is 4.79 Å². The van der Waals surface area contributed by atoms with Gasteiger partial charge in [0.05, 0.1) is 11.6 Å². The molecule has 0 unspecified atom stereocenters. The Morgan fingerprint density at radius 3 is 2.00 bits per heavy atom. The van der Waals surface area contributed by atoms with Gasteiger partial charge in [-0.1, -0.05) is 66.7 Å². The lowest BCUT2D eigenvalue weighted by atomic mass is 10.0. The van der Waals surface area contributed by atoms with Crippen LogP contribution in [0.25, 0.3) is 0 Å². The van der Waals surface area contributed by atoms with Crippen molar-refractivity contribution in [1.82, 2.24) is 5.32 Å². The number of nitrogens with one attached hydrogen (secondary N) is 2. The normalized spacial score (nSPS) is 12.5. The molecule has 3 aromatic carbocycles. The maximum absolute atomic E-state index is 13.1. The summed E-state index contributed by atoms with van der Waals surface area (Å²) in [6.45, 7) is 0. The molecule has 0 aliphatic heterocycles. The summed E-state index contributed by atoms with van der Waals surface area (Å²) in [5.74, 6) is -2.58. The first kappa shape index (κ1) is 23.7. The minimum Gasteiger partial charge on any atom is -0.480 e. The largest absolute Gasteiger partial charge is 0.480 e. The third kappa shape index (κ3) is 7.29. The molecule has 7 heteroatoms. The number of carbonyl (C=O) groups is 3. The average molecular weight is 447 g/mol. The quantitative estimate of drug-likeness (QED) is 0.358. The van der Waals surface area contributed by atoms with Gasteiger partial charge >= 0.3 is 11.9 Å². The maximum atomic E-state index is 13.1. The molecule has 1 amide bonds. The molecule has 0 bridgehead atoms. The Hall–Kier alpha value is -3.97. The van der Waals surface area contributed by atoms with Crippen molar-refractivity contribution in [1.29, 1.82) is 0 Å². The summed E-state index contributed by atoms with van der Waals surface area (Å²) < 4.78 is 0. The Morgan fingerprint density at radius 2 is 1.39 bits per heavy atom. The van der Waals surface area contributed by atoms with Gasteiger partial charge in [-0.05, 0) is 48.6 Å². The van der Waals surface area contributed by atoms with Crippen molar-refractivity contribution in [2.45, 2.75) is 31.3 Å². The standard InChI is InChI=1S/C26H26N2O5/c29-24(27-21-13-7-12-20(17-21)25(30)31)23(16-19-10-5-2-6-11-19)28-22(26(32)33)15-14-18-8-3-1-4-9-18/h1-13,17,22-23,28H,14-16H2,(H,27,29)(H,30,31)(H,32,33)/t22-,23-/m0/s1. The molecule has 0 saturated heterocycles. The zero-order valence-electron chi connectivity index (χ0n) is 18.0. The van der Waals surface area contributed by atoms with Crippen LogP contribution in [-0.2, 0) is 22.4 Å². The van der Waals surface area contributed by atoms with Crippen molar-refractivity contribution in [2.75, 3.05) is 5.32 Å². The number of carboxylic acids is 2. The highest BCUT2D eigenvalue weighted by Crippen LogP contribution is 2.14. The van der Waals surface area contributed by atoms with Crippen molar-refractivity contribution in [2.24, 2.45) is 0 Å². The highest BCUT2D eigenvalue weighted by molar-refractivity contribution is 5.97. The molecule has 0 saturated carbocycles. The third-order valence-electron chi connectivity index (χ3n) is 5.24. The van der Waals surface area contributed by atoms with Gasteiger partial charge < -0.3 is 15.5 Å². The fraction of sp³-hybridized carbons (Fsp3) is 0.192. The Morgan fingerprint density at radius 1 is 0.758 bits per heavy atom. The van der Waals surface area contributed by atoms with E-state index in [1.54, 1.807) is 12.1 Å². The van der Waals surface area contributed by atoms with E-state index in [-0.39, 0.29) is 12.0 Å². The SMILES string of the molecule is O=C(O)c1cccc(NC(=O)[C@H](Cc2ccccc2)N[C@@H](CCc2ccccc2)C(=O)O)c1. The number of hydrogen-bond donors (Lipinski definition) is 4. The number of aryl methyl sites for hydroxylation is 1. The summed E-state index contributed by atoms with van der Waals surface area (Å²) in [5.41, 5.74) is 2.26. The second kappa shape index (κ2) is 11.6. The Kier molecular flexibility index (Phi) is 8.32. The number of hydrogen-bond acceptors (Lipinski definition) is 4. The lowest BCUT2D eigenvalue weighted by Gasteiger charge is -2.23. The molecule has 3 aromatic rings. The van der Waals surface area contributed by atoms with Crippen molar-refractivity contribution < 1.29 is 24.6 Å². The van der Waals surface area contributed by atoms with Crippen molar-refractivity contribution in [3.8, 4) is 0 Å². The molecule has 0 heterocycles. The van der Waals surface area contributed by atoms with Crippen LogP contribution in [0.3, 0.4) is 0 Å². The molecule has 2 atom stereocenters. The number of carboxylic acid groups (broad SMARTS) is 2. The summed E-state index contributed by atoms with van der Waals surface area (Å²) in [6, 6.07) is 23.0. The monoisotopic (exact) mass is 446 g/mol. The molecule has 0 spiro atoms. The molecule has 7 nitrogen and oxygen atoms in total. The first-order valence-corrected chi connectivity index (χ1v) is 10.6. The molecule has 0 radical (unpaired) electrons. The van der Waals surface area contributed by atoms with Gasteiger partial charge in [-0.3, -0.25) is 14.9 Å². The molecule has 3 rings (SSSR count). The van der Waals surface area contributed by atoms with E-state index in [4.69, 9.17) is 0 Å². The van der Waals surface area contributed by atoms with E-state index in [9.17, 15) is 24.6 Å².